The molecular weight excluding hydrogens is 863 g/mol. The molecule has 12 rings (SSSR count). The number of rotatable bonds is 11. The van der Waals surface area contributed by atoms with Gasteiger partial charge in [-0.05, 0) is 122 Å². The fourth-order valence-corrected chi connectivity index (χ4v) is 12.2. The predicted molar refractivity (Wildman–Crippen MR) is 300 cm³/mol. The van der Waals surface area contributed by atoms with Crippen LogP contribution in [-0.2, 0) is 5.41 Å². The maximum atomic E-state index is 4.43. The fourth-order valence-electron chi connectivity index (χ4n) is 10.9. The molecule has 332 valence electrons. The molecule has 1 nitrogen and oxygen atoms in total. The molecule has 1 aliphatic rings. The first-order valence-corrected chi connectivity index (χ1v) is 24.9. The lowest BCUT2D eigenvalue weighted by molar-refractivity contribution is 0.762. The van der Waals surface area contributed by atoms with Crippen LogP contribution in [0.5, 0.6) is 0 Å². The highest BCUT2D eigenvalue weighted by Gasteiger charge is 2.46. The largest absolute Gasteiger partial charge is 0.310 e. The van der Waals surface area contributed by atoms with E-state index in [1.54, 1.807) is 0 Å². The van der Waals surface area contributed by atoms with Crippen LogP contribution in [-0.4, -0.2) is 0 Å². The lowest BCUT2D eigenvalue weighted by atomic mass is 9.67. The Bertz CT molecular complexity index is 3730. The predicted octanol–water partition coefficient (Wildman–Crippen LogP) is 19.1. The highest BCUT2D eigenvalue weighted by molar-refractivity contribution is 7.26. The van der Waals surface area contributed by atoms with Crippen molar-refractivity contribution in [3.05, 3.63) is 301 Å². The topological polar surface area (TPSA) is 3.24 Å². The van der Waals surface area contributed by atoms with E-state index in [-0.39, 0.29) is 0 Å². The van der Waals surface area contributed by atoms with Gasteiger partial charge in [-0.2, -0.15) is 0 Å². The summed E-state index contributed by atoms with van der Waals surface area (Å²) in [5, 5.41) is 2.62. The van der Waals surface area contributed by atoms with Crippen molar-refractivity contribution in [1.29, 1.82) is 0 Å². The van der Waals surface area contributed by atoms with E-state index in [0.29, 0.717) is 0 Å². The van der Waals surface area contributed by atoms with Crippen LogP contribution in [0.4, 0.5) is 17.1 Å². The van der Waals surface area contributed by atoms with E-state index in [9.17, 15) is 0 Å². The quantitative estimate of drug-likeness (QED) is 0.125. The normalized spacial score (nSPS) is 13.0. The van der Waals surface area contributed by atoms with Gasteiger partial charge in [-0.15, -0.1) is 11.3 Å². The maximum absolute atomic E-state index is 4.43. The van der Waals surface area contributed by atoms with Gasteiger partial charge in [-0.3, -0.25) is 0 Å². The summed E-state index contributed by atoms with van der Waals surface area (Å²) >= 11 is 1.87. The average Bonchev–Trinajstić information content (AvgIpc) is 3.95. The van der Waals surface area contributed by atoms with Gasteiger partial charge in [0.25, 0.3) is 0 Å². The van der Waals surface area contributed by atoms with Gasteiger partial charge >= 0.3 is 0 Å². The standard InChI is InChI=1S/C68H49NS/c1-3-20-59-62-46-52(41-44-64(62)68(63(59)4-2,53-24-10-6-11-25-53)54-26-12-7-13-27-54)48-37-35-47(36-38-48)51-23-18-28-56(45-51)69(65-33-16-14-29-57(65)49-21-8-5-9-22-49)55-42-39-50(40-43-55)58-31-19-32-61-60-30-15-17-34-66(60)70-67(58)61/h3-46H,2H2,1H3/b20-3-. The van der Waals surface area contributed by atoms with Gasteiger partial charge in [0, 0.05) is 37.1 Å². The summed E-state index contributed by atoms with van der Waals surface area (Å²) in [6.07, 6.45) is 6.48. The van der Waals surface area contributed by atoms with E-state index in [1.807, 2.05) is 11.3 Å². The van der Waals surface area contributed by atoms with Gasteiger partial charge in [-0.1, -0.05) is 231 Å². The maximum Gasteiger partial charge on any atom is 0.0713 e. The lowest BCUT2D eigenvalue weighted by Gasteiger charge is -2.34. The van der Waals surface area contributed by atoms with Crippen LogP contribution in [0.1, 0.15) is 29.2 Å². The first kappa shape index (κ1) is 42.8. The summed E-state index contributed by atoms with van der Waals surface area (Å²) in [5.74, 6) is 0. The van der Waals surface area contributed by atoms with E-state index < -0.39 is 5.41 Å². The molecule has 0 aliphatic heterocycles. The Kier molecular flexibility index (Phi) is 11.1. The summed E-state index contributed by atoms with van der Waals surface area (Å²) in [4.78, 5) is 2.41. The zero-order valence-corrected chi connectivity index (χ0v) is 39.8. The molecule has 0 saturated carbocycles. The van der Waals surface area contributed by atoms with Crippen molar-refractivity contribution < 1.29 is 0 Å². The van der Waals surface area contributed by atoms with Crippen LogP contribution in [0.25, 0.3) is 70.3 Å². The molecule has 0 bridgehead atoms. The minimum Gasteiger partial charge on any atom is -0.310 e. The third-order valence-electron chi connectivity index (χ3n) is 14.1. The average molecular weight is 912 g/mol. The molecule has 0 spiro atoms. The Balaban J connectivity index is 0.926. The Labute approximate surface area is 414 Å². The van der Waals surface area contributed by atoms with Crippen LogP contribution in [0.2, 0.25) is 0 Å². The molecule has 0 amide bonds. The van der Waals surface area contributed by atoms with E-state index >= 15 is 0 Å². The minimum absolute atomic E-state index is 0.492. The molecule has 11 aromatic rings. The molecule has 0 unspecified atom stereocenters. The summed E-state index contributed by atoms with van der Waals surface area (Å²) in [6, 6.07) is 90.9. The van der Waals surface area contributed by atoms with Gasteiger partial charge in [0.05, 0.1) is 11.1 Å². The van der Waals surface area contributed by atoms with Crippen molar-refractivity contribution in [3.8, 4) is 44.5 Å². The first-order chi connectivity index (χ1) is 34.6. The Morgan fingerprint density at radius 1 is 0.429 bits per heavy atom. The van der Waals surface area contributed by atoms with Gasteiger partial charge in [0.1, 0.15) is 0 Å². The number of thiophene rings is 1. The third kappa shape index (κ3) is 7.24. The highest BCUT2D eigenvalue weighted by Crippen LogP contribution is 2.56. The zero-order valence-electron chi connectivity index (χ0n) is 39.0. The van der Waals surface area contributed by atoms with Crippen LogP contribution in [0.3, 0.4) is 0 Å². The Hall–Kier alpha value is -8.56. The summed E-state index contributed by atoms with van der Waals surface area (Å²) in [7, 11) is 0. The van der Waals surface area contributed by atoms with Crippen molar-refractivity contribution in [1.82, 2.24) is 0 Å². The number of hydrogen-bond donors (Lipinski definition) is 0. The van der Waals surface area contributed by atoms with Crippen LogP contribution in [0.15, 0.2) is 279 Å². The Morgan fingerprint density at radius 2 is 0.971 bits per heavy atom. The number of nitrogens with zero attached hydrogens (tertiary/aromatic N) is 1. The molecule has 0 radical (unpaired) electrons. The van der Waals surface area contributed by atoms with Crippen molar-refractivity contribution in [2.45, 2.75) is 12.3 Å². The number of allylic oxidation sites excluding steroid dienone is 5. The van der Waals surface area contributed by atoms with Gasteiger partial charge in [-0.25, -0.2) is 0 Å². The molecule has 1 heterocycles. The van der Waals surface area contributed by atoms with E-state index in [2.05, 4.69) is 285 Å². The fraction of sp³-hybridized carbons (Fsp3) is 0.0294. The van der Waals surface area contributed by atoms with Gasteiger partial charge < -0.3 is 4.90 Å². The smallest absolute Gasteiger partial charge is 0.0713 e. The monoisotopic (exact) mass is 911 g/mol. The second kappa shape index (κ2) is 18.2. The molecule has 2 heteroatoms. The van der Waals surface area contributed by atoms with Gasteiger partial charge in [0.15, 0.2) is 0 Å². The van der Waals surface area contributed by atoms with E-state index in [0.717, 1.165) is 28.2 Å². The number of hydrogen-bond acceptors (Lipinski definition) is 2. The van der Waals surface area contributed by atoms with Crippen molar-refractivity contribution in [3.63, 3.8) is 0 Å². The zero-order chi connectivity index (χ0) is 47.0. The lowest BCUT2D eigenvalue weighted by Crippen LogP contribution is -2.29. The molecule has 10 aromatic carbocycles. The molecule has 1 aliphatic carbocycles. The van der Waals surface area contributed by atoms with Crippen molar-refractivity contribution in [2.75, 3.05) is 4.90 Å². The Morgan fingerprint density at radius 3 is 1.67 bits per heavy atom. The van der Waals surface area contributed by atoms with Crippen LogP contribution in [0, 0.1) is 0 Å². The summed E-state index contributed by atoms with van der Waals surface area (Å²) in [6.45, 7) is 6.53. The van der Waals surface area contributed by atoms with Crippen molar-refractivity contribution >= 4 is 54.1 Å². The van der Waals surface area contributed by atoms with Gasteiger partial charge in [0.2, 0.25) is 0 Å². The molecule has 1 aromatic heterocycles. The molecular formula is C68H49NS. The number of para-hydroxylation sites is 1. The molecule has 0 fully saturated rings. The molecule has 70 heavy (non-hydrogen) atoms. The molecule has 0 atom stereocenters. The summed E-state index contributed by atoms with van der Waals surface area (Å²) < 4.78 is 2.64. The SMILES string of the molecule is C=CC1=C(/C=C\C)c2cc(-c3ccc(-c4cccc(N(c5ccc(-c6cccc7c6sc6ccccc67)cc5)c5ccccc5-c5ccccc5)c4)cc3)ccc2C1(c1ccccc1)c1ccccc1. The number of fused-ring (bicyclic) bond motifs is 4. The second-order valence-corrected chi connectivity index (χ2v) is 19.0. The number of benzene rings is 10. The highest BCUT2D eigenvalue weighted by atomic mass is 32.1. The van der Waals surface area contributed by atoms with Crippen LogP contribution >= 0.6 is 11.3 Å². The second-order valence-electron chi connectivity index (χ2n) is 17.9. The van der Waals surface area contributed by atoms with E-state index in [4.69, 9.17) is 0 Å². The van der Waals surface area contributed by atoms with E-state index in [1.165, 1.54) is 87.0 Å². The van der Waals surface area contributed by atoms with Crippen LogP contribution < -0.4 is 4.90 Å². The number of anilines is 3. The molecule has 0 N–H and O–H groups in total. The van der Waals surface area contributed by atoms with Crippen molar-refractivity contribution in [2.24, 2.45) is 0 Å². The first-order valence-electron chi connectivity index (χ1n) is 24.1. The third-order valence-corrected chi connectivity index (χ3v) is 15.3. The minimum atomic E-state index is -0.492. The summed E-state index contributed by atoms with van der Waals surface area (Å²) in [5.41, 5.74) is 19.6. The molecule has 0 saturated heterocycles.